The van der Waals surface area contributed by atoms with E-state index in [-0.39, 0.29) is 11.9 Å². The summed E-state index contributed by atoms with van der Waals surface area (Å²) in [7, 11) is 0. The molecule has 0 aromatic heterocycles. The molecule has 0 saturated carbocycles. The summed E-state index contributed by atoms with van der Waals surface area (Å²) in [6, 6.07) is 5.94. The number of fused-ring (bicyclic) bond motifs is 1. The van der Waals surface area contributed by atoms with Crippen molar-refractivity contribution in [2.45, 2.75) is 32.3 Å². The number of carbonyl (C=O) groups excluding carboxylic acids is 1. The van der Waals surface area contributed by atoms with Crippen LogP contribution in [-0.2, 0) is 17.6 Å². The van der Waals surface area contributed by atoms with Crippen molar-refractivity contribution in [3.05, 3.63) is 34.9 Å². The maximum Gasteiger partial charge on any atom is 0.134 e. The highest BCUT2D eigenvalue weighted by atomic mass is 16.3. The van der Waals surface area contributed by atoms with Gasteiger partial charge in [-0.2, -0.15) is 0 Å². The summed E-state index contributed by atoms with van der Waals surface area (Å²) < 4.78 is 0. The molecule has 0 bridgehead atoms. The van der Waals surface area contributed by atoms with Gasteiger partial charge in [-0.3, -0.25) is 4.79 Å². The molecular formula is C12H14O2. The summed E-state index contributed by atoms with van der Waals surface area (Å²) in [5, 5.41) is 9.59. The van der Waals surface area contributed by atoms with E-state index in [1.54, 1.807) is 6.92 Å². The Kier molecular flexibility index (Phi) is 2.38. The molecule has 1 aliphatic carbocycles. The largest absolute Gasteiger partial charge is 0.388 e. The Morgan fingerprint density at radius 1 is 1.57 bits per heavy atom. The molecule has 1 aromatic carbocycles. The van der Waals surface area contributed by atoms with Gasteiger partial charge in [-0.15, -0.1) is 0 Å². The molecule has 0 aliphatic heterocycles. The molecule has 1 unspecified atom stereocenters. The number of aliphatic hydroxyl groups is 1. The van der Waals surface area contributed by atoms with Crippen LogP contribution in [0.5, 0.6) is 0 Å². The molecule has 2 rings (SSSR count). The topological polar surface area (TPSA) is 37.3 Å². The highest BCUT2D eigenvalue weighted by molar-refractivity contribution is 5.78. The Morgan fingerprint density at radius 3 is 3.07 bits per heavy atom. The predicted molar refractivity (Wildman–Crippen MR) is 54.1 cm³/mol. The number of hydrogen-bond acceptors (Lipinski definition) is 2. The summed E-state index contributed by atoms with van der Waals surface area (Å²) in [5.74, 6) is 0.184. The van der Waals surface area contributed by atoms with Gasteiger partial charge in [-0.25, -0.2) is 0 Å². The number of carbonyl (C=O) groups is 1. The number of benzene rings is 1. The molecule has 2 nitrogen and oxygen atoms in total. The first-order valence-electron chi connectivity index (χ1n) is 4.96. The molecule has 1 aliphatic rings. The van der Waals surface area contributed by atoms with Crippen LogP contribution < -0.4 is 0 Å². The highest BCUT2D eigenvalue weighted by Gasteiger charge is 2.19. The monoisotopic (exact) mass is 190 g/mol. The fraction of sp³-hybridized carbons (Fsp3) is 0.417. The molecule has 0 spiro atoms. The van der Waals surface area contributed by atoms with Crippen LogP contribution in [0.1, 0.15) is 36.1 Å². The number of ketones is 1. The molecule has 0 radical (unpaired) electrons. The molecule has 14 heavy (non-hydrogen) atoms. The number of aliphatic hydroxyl groups excluding tert-OH is 1. The third-order valence-corrected chi connectivity index (χ3v) is 2.71. The van der Waals surface area contributed by atoms with Crippen LogP contribution >= 0.6 is 0 Å². The predicted octanol–water partition coefficient (Wildman–Crippen LogP) is 1.80. The molecule has 1 atom stereocenters. The van der Waals surface area contributed by atoms with Gasteiger partial charge in [0.05, 0.1) is 6.10 Å². The molecule has 1 aromatic rings. The second kappa shape index (κ2) is 3.54. The van der Waals surface area contributed by atoms with E-state index in [1.807, 2.05) is 18.2 Å². The number of Topliss-reactive ketones (excluding diaryl/α,β-unsaturated/α-hetero) is 1. The third kappa shape index (κ3) is 1.70. The van der Waals surface area contributed by atoms with Crippen LogP contribution in [0.25, 0.3) is 0 Å². The zero-order valence-corrected chi connectivity index (χ0v) is 8.29. The molecule has 0 fully saturated rings. The van der Waals surface area contributed by atoms with Crippen molar-refractivity contribution >= 4 is 5.78 Å². The zero-order chi connectivity index (χ0) is 10.1. The van der Waals surface area contributed by atoms with E-state index in [4.69, 9.17) is 0 Å². The molecule has 74 valence electrons. The number of hydrogen-bond donors (Lipinski definition) is 1. The summed E-state index contributed by atoms with van der Waals surface area (Å²) in [6.07, 6.45) is 1.96. The fourth-order valence-electron chi connectivity index (χ4n) is 2.05. The van der Waals surface area contributed by atoms with Crippen molar-refractivity contribution < 1.29 is 9.90 Å². The fourth-order valence-corrected chi connectivity index (χ4v) is 2.05. The summed E-state index contributed by atoms with van der Waals surface area (Å²) in [4.78, 5) is 10.9. The third-order valence-electron chi connectivity index (χ3n) is 2.71. The lowest BCUT2D eigenvalue weighted by atomic mass is 10.0. The van der Waals surface area contributed by atoms with Gasteiger partial charge in [0.2, 0.25) is 0 Å². The first kappa shape index (κ1) is 9.41. The van der Waals surface area contributed by atoms with E-state index in [1.165, 1.54) is 5.56 Å². The average Bonchev–Trinajstić information content (AvgIpc) is 2.46. The standard InChI is InChI=1S/C12H14O2/c1-8(13)6-9-2-4-11-10(7-9)3-5-12(11)14/h2,4,7,12,14H,3,5-6H2,1H3. The van der Waals surface area contributed by atoms with Gasteiger partial charge in [0, 0.05) is 6.42 Å². The van der Waals surface area contributed by atoms with Gasteiger partial charge in [0.25, 0.3) is 0 Å². The Morgan fingerprint density at radius 2 is 2.36 bits per heavy atom. The van der Waals surface area contributed by atoms with Crippen molar-refractivity contribution in [3.63, 3.8) is 0 Å². The molecule has 0 saturated heterocycles. The van der Waals surface area contributed by atoms with E-state index in [0.29, 0.717) is 6.42 Å². The van der Waals surface area contributed by atoms with Crippen LogP contribution in [0.15, 0.2) is 18.2 Å². The van der Waals surface area contributed by atoms with Crippen LogP contribution in [-0.4, -0.2) is 10.9 Å². The van der Waals surface area contributed by atoms with Gasteiger partial charge >= 0.3 is 0 Å². The maximum atomic E-state index is 10.9. The highest BCUT2D eigenvalue weighted by Crippen LogP contribution is 2.31. The van der Waals surface area contributed by atoms with Crippen LogP contribution in [0.2, 0.25) is 0 Å². The van der Waals surface area contributed by atoms with Crippen LogP contribution in [0.3, 0.4) is 0 Å². The van der Waals surface area contributed by atoms with Gasteiger partial charge in [0.1, 0.15) is 5.78 Å². The average molecular weight is 190 g/mol. The summed E-state index contributed by atoms with van der Waals surface area (Å²) in [5.41, 5.74) is 3.30. The molecule has 1 N–H and O–H groups in total. The minimum atomic E-state index is -0.295. The van der Waals surface area contributed by atoms with Gasteiger partial charge in [0.15, 0.2) is 0 Å². The van der Waals surface area contributed by atoms with E-state index < -0.39 is 0 Å². The Labute approximate surface area is 83.6 Å². The first-order valence-corrected chi connectivity index (χ1v) is 4.96. The van der Waals surface area contributed by atoms with Crippen molar-refractivity contribution in [1.82, 2.24) is 0 Å². The number of rotatable bonds is 2. The molecule has 2 heteroatoms. The maximum absolute atomic E-state index is 10.9. The minimum absolute atomic E-state index is 0.184. The van der Waals surface area contributed by atoms with E-state index in [0.717, 1.165) is 24.0 Å². The van der Waals surface area contributed by atoms with E-state index in [2.05, 4.69) is 0 Å². The SMILES string of the molecule is CC(=O)Cc1ccc2c(c1)CCC2O. The Balaban J connectivity index is 2.28. The van der Waals surface area contributed by atoms with Crippen molar-refractivity contribution in [2.75, 3.05) is 0 Å². The zero-order valence-electron chi connectivity index (χ0n) is 8.29. The first-order chi connectivity index (χ1) is 6.66. The smallest absolute Gasteiger partial charge is 0.134 e. The molecular weight excluding hydrogens is 176 g/mol. The minimum Gasteiger partial charge on any atom is -0.388 e. The van der Waals surface area contributed by atoms with E-state index in [9.17, 15) is 9.90 Å². The summed E-state index contributed by atoms with van der Waals surface area (Å²) in [6.45, 7) is 1.60. The Bertz CT molecular complexity index is 369. The van der Waals surface area contributed by atoms with Crippen molar-refractivity contribution in [2.24, 2.45) is 0 Å². The van der Waals surface area contributed by atoms with Gasteiger partial charge in [-0.1, -0.05) is 18.2 Å². The lowest BCUT2D eigenvalue weighted by Crippen LogP contribution is -1.98. The number of aryl methyl sites for hydroxylation is 1. The normalized spacial score (nSPS) is 19.4. The van der Waals surface area contributed by atoms with Crippen LogP contribution in [0, 0.1) is 0 Å². The van der Waals surface area contributed by atoms with Crippen molar-refractivity contribution in [3.8, 4) is 0 Å². The second-order valence-electron chi connectivity index (χ2n) is 3.97. The van der Waals surface area contributed by atoms with Gasteiger partial charge < -0.3 is 5.11 Å². The van der Waals surface area contributed by atoms with Crippen molar-refractivity contribution in [1.29, 1.82) is 0 Å². The summed E-state index contributed by atoms with van der Waals surface area (Å²) >= 11 is 0. The molecule has 0 amide bonds. The molecule has 0 heterocycles. The lowest BCUT2D eigenvalue weighted by Gasteiger charge is -2.05. The quantitative estimate of drug-likeness (QED) is 0.772. The Hall–Kier alpha value is -1.15. The lowest BCUT2D eigenvalue weighted by molar-refractivity contribution is -0.116. The van der Waals surface area contributed by atoms with E-state index >= 15 is 0 Å². The van der Waals surface area contributed by atoms with Crippen LogP contribution in [0.4, 0.5) is 0 Å². The van der Waals surface area contributed by atoms with Gasteiger partial charge in [-0.05, 0) is 36.5 Å². The second-order valence-corrected chi connectivity index (χ2v) is 3.97.